The Morgan fingerprint density at radius 1 is 0.903 bits per heavy atom. The van der Waals surface area contributed by atoms with E-state index in [-0.39, 0.29) is 17.7 Å². The first-order valence-corrected chi connectivity index (χ1v) is 11.1. The number of rotatable bonds is 6. The van der Waals surface area contributed by atoms with Gasteiger partial charge in [0, 0.05) is 36.2 Å². The molecule has 158 valence electrons. The lowest BCUT2D eigenvalue weighted by molar-refractivity contribution is 0.0707. The largest absolute Gasteiger partial charge is 0.508 e. The van der Waals surface area contributed by atoms with E-state index < -0.39 is 0 Å². The summed E-state index contributed by atoms with van der Waals surface area (Å²) < 4.78 is 0. The molecule has 31 heavy (non-hydrogen) atoms. The monoisotopic (exact) mass is 412 g/mol. The van der Waals surface area contributed by atoms with Crippen LogP contribution in [0.25, 0.3) is 0 Å². The zero-order chi connectivity index (χ0) is 21.2. The van der Waals surface area contributed by atoms with Gasteiger partial charge in [0.05, 0.1) is 6.54 Å². The molecule has 1 amide bonds. The van der Waals surface area contributed by atoms with Gasteiger partial charge >= 0.3 is 0 Å². The summed E-state index contributed by atoms with van der Waals surface area (Å²) >= 11 is 0. The van der Waals surface area contributed by atoms with E-state index in [1.807, 2.05) is 11.0 Å². The summed E-state index contributed by atoms with van der Waals surface area (Å²) in [5.74, 6) is 0.664. The van der Waals surface area contributed by atoms with Gasteiger partial charge in [0.15, 0.2) is 0 Å². The molecule has 1 saturated heterocycles. The van der Waals surface area contributed by atoms with E-state index in [1.54, 1.807) is 12.1 Å². The highest BCUT2D eigenvalue weighted by Crippen LogP contribution is 2.34. The fourth-order valence-corrected chi connectivity index (χ4v) is 5.11. The van der Waals surface area contributed by atoms with E-state index in [9.17, 15) is 9.90 Å². The number of fused-ring (bicyclic) bond motifs is 1. The summed E-state index contributed by atoms with van der Waals surface area (Å²) in [4.78, 5) is 17.3. The third kappa shape index (κ3) is 3.96. The highest BCUT2D eigenvalue weighted by molar-refractivity contribution is 5.99. The Balaban J connectivity index is 1.25. The number of aromatic hydroxyl groups is 1. The molecule has 1 unspecified atom stereocenters. The topological polar surface area (TPSA) is 43.8 Å². The molecule has 4 heteroatoms. The summed E-state index contributed by atoms with van der Waals surface area (Å²) in [5, 5.41) is 10.1. The molecule has 2 heterocycles. The van der Waals surface area contributed by atoms with Gasteiger partial charge in [-0.3, -0.25) is 4.79 Å². The van der Waals surface area contributed by atoms with Gasteiger partial charge in [0.2, 0.25) is 0 Å². The maximum Gasteiger partial charge on any atom is 0.254 e. The molecular formula is C27H28N2O2. The Morgan fingerprint density at radius 2 is 1.58 bits per heavy atom. The Labute approximate surface area is 183 Å². The van der Waals surface area contributed by atoms with E-state index in [0.717, 1.165) is 38.0 Å². The van der Waals surface area contributed by atoms with Crippen molar-refractivity contribution in [1.82, 2.24) is 9.80 Å². The van der Waals surface area contributed by atoms with Gasteiger partial charge in [-0.15, -0.1) is 0 Å². The highest BCUT2D eigenvalue weighted by atomic mass is 16.3. The van der Waals surface area contributed by atoms with Crippen LogP contribution in [-0.4, -0.2) is 46.5 Å². The Morgan fingerprint density at radius 3 is 2.23 bits per heavy atom. The Hall–Kier alpha value is -3.11. The van der Waals surface area contributed by atoms with Crippen LogP contribution in [-0.2, 0) is 6.54 Å². The molecule has 0 saturated carbocycles. The number of hydrogen-bond donors (Lipinski definition) is 1. The molecule has 1 N–H and O–H groups in total. The van der Waals surface area contributed by atoms with Crippen molar-refractivity contribution in [2.75, 3.05) is 19.6 Å². The fraction of sp³-hybridized carbons (Fsp3) is 0.296. The molecule has 3 aromatic rings. The van der Waals surface area contributed by atoms with Crippen molar-refractivity contribution >= 4 is 5.91 Å². The van der Waals surface area contributed by atoms with E-state index >= 15 is 0 Å². The molecule has 1 atom stereocenters. The smallest absolute Gasteiger partial charge is 0.254 e. The lowest BCUT2D eigenvalue weighted by Gasteiger charge is -2.25. The molecule has 1 fully saturated rings. The van der Waals surface area contributed by atoms with Crippen molar-refractivity contribution in [2.24, 2.45) is 0 Å². The first-order chi connectivity index (χ1) is 15.2. The summed E-state index contributed by atoms with van der Waals surface area (Å²) in [6, 6.07) is 26.9. The van der Waals surface area contributed by atoms with Crippen LogP contribution >= 0.6 is 0 Å². The molecule has 0 bridgehead atoms. The molecule has 5 rings (SSSR count). The molecular weight excluding hydrogens is 384 g/mol. The molecule has 3 aromatic carbocycles. The molecule has 2 aliphatic heterocycles. The van der Waals surface area contributed by atoms with Crippen molar-refractivity contribution in [2.45, 2.75) is 31.3 Å². The van der Waals surface area contributed by atoms with Gasteiger partial charge in [-0.2, -0.15) is 0 Å². The van der Waals surface area contributed by atoms with Crippen LogP contribution in [0.1, 0.15) is 45.8 Å². The first-order valence-electron chi connectivity index (χ1n) is 11.1. The molecule has 0 spiro atoms. The number of hydrogen-bond acceptors (Lipinski definition) is 3. The quantitative estimate of drug-likeness (QED) is 0.641. The Kier molecular flexibility index (Phi) is 5.47. The second-order valence-corrected chi connectivity index (χ2v) is 8.64. The van der Waals surface area contributed by atoms with Gasteiger partial charge < -0.3 is 14.9 Å². The average Bonchev–Trinajstić information content (AvgIpc) is 3.41. The molecule has 0 aromatic heterocycles. The molecule has 0 radical (unpaired) electrons. The van der Waals surface area contributed by atoms with Crippen LogP contribution in [0, 0.1) is 0 Å². The van der Waals surface area contributed by atoms with Gasteiger partial charge in [-0.05, 0) is 42.6 Å². The van der Waals surface area contributed by atoms with Crippen molar-refractivity contribution < 1.29 is 9.90 Å². The number of phenolic OH excluding ortho intramolecular Hbond substituents is 1. The van der Waals surface area contributed by atoms with Crippen LogP contribution < -0.4 is 0 Å². The van der Waals surface area contributed by atoms with E-state index in [0.29, 0.717) is 18.0 Å². The number of benzene rings is 3. The molecule has 2 aliphatic rings. The van der Waals surface area contributed by atoms with Crippen LogP contribution in [0.4, 0.5) is 0 Å². The van der Waals surface area contributed by atoms with Gasteiger partial charge in [-0.1, -0.05) is 66.7 Å². The average molecular weight is 413 g/mol. The SMILES string of the molecule is O=C1c2cccc(O)c2CN1C1CCN(CCC(c2ccccc2)c2ccccc2)C1. The maximum absolute atomic E-state index is 12.9. The Bertz CT molecular complexity index is 1010. The number of phenols is 1. The number of carbonyl (C=O) groups is 1. The first kappa shape index (κ1) is 19.8. The highest BCUT2D eigenvalue weighted by Gasteiger charge is 2.37. The third-order valence-electron chi connectivity index (χ3n) is 6.80. The summed E-state index contributed by atoms with van der Waals surface area (Å²) in [6.07, 6.45) is 2.04. The lowest BCUT2D eigenvalue weighted by atomic mass is 9.88. The minimum atomic E-state index is 0.0594. The number of amides is 1. The van der Waals surface area contributed by atoms with Crippen molar-refractivity contribution in [3.63, 3.8) is 0 Å². The fourth-order valence-electron chi connectivity index (χ4n) is 5.11. The van der Waals surface area contributed by atoms with E-state index in [4.69, 9.17) is 0 Å². The standard InChI is InChI=1S/C27H28N2O2/c30-26-13-7-12-24-25(26)19-29(27(24)31)22-14-16-28(18-22)17-15-23(20-8-3-1-4-9-20)21-10-5-2-6-11-21/h1-13,22-23,30H,14-19H2. The minimum absolute atomic E-state index is 0.0594. The predicted octanol–water partition coefficient (Wildman–Crippen LogP) is 4.64. The van der Waals surface area contributed by atoms with Crippen LogP contribution in [0.2, 0.25) is 0 Å². The van der Waals surface area contributed by atoms with Crippen LogP contribution in [0.15, 0.2) is 78.9 Å². The van der Waals surface area contributed by atoms with Gasteiger partial charge in [0.1, 0.15) is 5.75 Å². The van der Waals surface area contributed by atoms with E-state index in [2.05, 4.69) is 65.6 Å². The van der Waals surface area contributed by atoms with Gasteiger partial charge in [0.25, 0.3) is 5.91 Å². The summed E-state index contributed by atoms with van der Waals surface area (Å²) in [7, 11) is 0. The maximum atomic E-state index is 12.9. The normalized spacial score (nSPS) is 18.7. The van der Waals surface area contributed by atoms with Crippen molar-refractivity contribution in [3.05, 3.63) is 101 Å². The zero-order valence-electron chi connectivity index (χ0n) is 17.7. The van der Waals surface area contributed by atoms with Gasteiger partial charge in [-0.25, -0.2) is 0 Å². The van der Waals surface area contributed by atoms with E-state index in [1.165, 1.54) is 11.1 Å². The second kappa shape index (κ2) is 8.56. The zero-order valence-corrected chi connectivity index (χ0v) is 17.7. The van der Waals surface area contributed by atoms with Crippen molar-refractivity contribution in [3.8, 4) is 5.75 Å². The number of likely N-dealkylation sites (tertiary alicyclic amines) is 1. The third-order valence-corrected chi connectivity index (χ3v) is 6.80. The van der Waals surface area contributed by atoms with Crippen LogP contribution in [0.3, 0.4) is 0 Å². The van der Waals surface area contributed by atoms with Crippen molar-refractivity contribution in [1.29, 1.82) is 0 Å². The number of nitrogens with zero attached hydrogens (tertiary/aromatic N) is 2. The lowest BCUT2D eigenvalue weighted by Crippen LogP contribution is -2.38. The number of carbonyl (C=O) groups excluding carboxylic acids is 1. The summed E-state index contributed by atoms with van der Waals surface area (Å²) in [5.41, 5.74) is 4.14. The summed E-state index contributed by atoms with van der Waals surface area (Å²) in [6.45, 7) is 3.44. The van der Waals surface area contributed by atoms with Crippen LogP contribution in [0.5, 0.6) is 5.75 Å². The predicted molar refractivity (Wildman–Crippen MR) is 122 cm³/mol. The molecule has 0 aliphatic carbocycles. The molecule has 4 nitrogen and oxygen atoms in total. The minimum Gasteiger partial charge on any atom is -0.508 e. The second-order valence-electron chi connectivity index (χ2n) is 8.64.